The molecule has 54 valence electrons. The number of nitrogens with zero attached hydrogens (tertiary/aromatic N) is 1. The molecule has 0 N–H and O–H groups in total. The van der Waals surface area contributed by atoms with Crippen molar-refractivity contribution in [3.8, 4) is 0 Å². The first-order valence-electron chi connectivity index (χ1n) is 3.04. The maximum atomic E-state index is 12.7. The monoisotopic (exact) mass is 159 g/mol. The Morgan fingerprint density at radius 2 is 2.40 bits per heavy atom. The molecule has 1 heterocycles. The largest absolute Gasteiger partial charge is 0.228 e. The molecule has 0 atom stereocenters. The summed E-state index contributed by atoms with van der Waals surface area (Å²) in [5.41, 5.74) is 0.490. The van der Waals surface area contributed by atoms with Crippen molar-refractivity contribution < 1.29 is 4.39 Å². The minimum atomic E-state index is -0.463. The molecule has 1 nitrogen and oxygen atoms in total. The number of hydrogen-bond donors (Lipinski definition) is 0. The van der Waals surface area contributed by atoms with Gasteiger partial charge in [0.25, 0.3) is 0 Å². The fourth-order valence-electron chi connectivity index (χ4n) is 0.760. The van der Waals surface area contributed by atoms with E-state index in [1.54, 1.807) is 6.07 Å². The highest BCUT2D eigenvalue weighted by atomic mass is 35.5. The van der Waals surface area contributed by atoms with Crippen LogP contribution in [0.5, 0.6) is 0 Å². The van der Waals surface area contributed by atoms with Crippen molar-refractivity contribution in [2.75, 3.05) is 0 Å². The Labute approximate surface area is 63.8 Å². The molecule has 0 aliphatic heterocycles. The van der Waals surface area contributed by atoms with E-state index in [-0.39, 0.29) is 0 Å². The SMILES string of the molecule is CCc1c(Cl)ccnc1F. The number of pyridine rings is 1. The van der Waals surface area contributed by atoms with Crippen molar-refractivity contribution in [3.05, 3.63) is 28.8 Å². The normalized spacial score (nSPS) is 9.90. The Kier molecular flexibility index (Phi) is 2.22. The van der Waals surface area contributed by atoms with E-state index in [9.17, 15) is 4.39 Å². The van der Waals surface area contributed by atoms with Gasteiger partial charge in [-0.15, -0.1) is 0 Å². The van der Waals surface area contributed by atoms with Crippen LogP contribution >= 0.6 is 11.6 Å². The molecule has 1 rings (SSSR count). The van der Waals surface area contributed by atoms with E-state index in [2.05, 4.69) is 4.98 Å². The van der Waals surface area contributed by atoms with Crippen LogP contribution in [0.4, 0.5) is 4.39 Å². The summed E-state index contributed by atoms with van der Waals surface area (Å²) < 4.78 is 12.7. The first-order chi connectivity index (χ1) is 4.75. The van der Waals surface area contributed by atoms with E-state index in [1.807, 2.05) is 6.92 Å². The molecule has 0 aromatic carbocycles. The van der Waals surface area contributed by atoms with Gasteiger partial charge in [-0.2, -0.15) is 4.39 Å². The maximum Gasteiger partial charge on any atom is 0.217 e. The molecule has 0 saturated heterocycles. The van der Waals surface area contributed by atoms with Crippen LogP contribution < -0.4 is 0 Å². The van der Waals surface area contributed by atoms with Crippen LogP contribution in [0.25, 0.3) is 0 Å². The first kappa shape index (κ1) is 7.48. The highest BCUT2D eigenvalue weighted by molar-refractivity contribution is 6.31. The standard InChI is InChI=1S/C7H7ClFN/c1-2-5-6(8)3-4-10-7(5)9/h3-4H,2H2,1H3. The third kappa shape index (κ3) is 1.27. The lowest BCUT2D eigenvalue weighted by Gasteiger charge is -1.98. The smallest absolute Gasteiger partial charge is 0.217 e. The lowest BCUT2D eigenvalue weighted by atomic mass is 10.2. The molecular formula is C7H7ClFN. The van der Waals surface area contributed by atoms with Crippen molar-refractivity contribution in [2.45, 2.75) is 13.3 Å². The van der Waals surface area contributed by atoms with Crippen molar-refractivity contribution in [3.63, 3.8) is 0 Å². The fourth-order valence-corrected chi connectivity index (χ4v) is 1.03. The van der Waals surface area contributed by atoms with Gasteiger partial charge in [-0.05, 0) is 12.5 Å². The van der Waals surface area contributed by atoms with Crippen LogP contribution in [0.1, 0.15) is 12.5 Å². The molecule has 1 aromatic rings. The molecule has 1 aromatic heterocycles. The maximum absolute atomic E-state index is 12.7. The number of aromatic nitrogens is 1. The summed E-state index contributed by atoms with van der Waals surface area (Å²) >= 11 is 5.65. The minimum Gasteiger partial charge on any atom is -0.228 e. The van der Waals surface area contributed by atoms with Gasteiger partial charge in [-0.25, -0.2) is 4.98 Å². The van der Waals surface area contributed by atoms with E-state index in [4.69, 9.17) is 11.6 Å². The van der Waals surface area contributed by atoms with Gasteiger partial charge in [0.05, 0.1) is 0 Å². The summed E-state index contributed by atoms with van der Waals surface area (Å²) in [6, 6.07) is 1.59. The Morgan fingerprint density at radius 1 is 1.70 bits per heavy atom. The molecule has 0 aliphatic carbocycles. The zero-order valence-electron chi connectivity index (χ0n) is 5.56. The molecule has 0 unspecified atom stereocenters. The second kappa shape index (κ2) is 2.97. The van der Waals surface area contributed by atoms with E-state index in [1.165, 1.54) is 6.20 Å². The zero-order valence-corrected chi connectivity index (χ0v) is 6.32. The van der Waals surface area contributed by atoms with Gasteiger partial charge in [0.2, 0.25) is 5.95 Å². The van der Waals surface area contributed by atoms with E-state index < -0.39 is 5.95 Å². The molecule has 0 radical (unpaired) electrons. The molecule has 10 heavy (non-hydrogen) atoms. The van der Waals surface area contributed by atoms with Gasteiger partial charge < -0.3 is 0 Å². The van der Waals surface area contributed by atoms with Gasteiger partial charge in [-0.1, -0.05) is 18.5 Å². The molecule has 0 amide bonds. The lowest BCUT2D eigenvalue weighted by molar-refractivity contribution is 0.568. The number of rotatable bonds is 1. The molecule has 0 bridgehead atoms. The molecule has 0 saturated carbocycles. The number of hydrogen-bond acceptors (Lipinski definition) is 1. The van der Waals surface area contributed by atoms with Crippen LogP contribution in [0, 0.1) is 5.95 Å². The Morgan fingerprint density at radius 3 is 2.80 bits per heavy atom. The first-order valence-corrected chi connectivity index (χ1v) is 3.42. The summed E-state index contributed by atoms with van der Waals surface area (Å²) in [5.74, 6) is -0.463. The molecule has 3 heteroatoms. The average Bonchev–Trinajstić information content (AvgIpc) is 1.88. The van der Waals surface area contributed by atoms with Gasteiger partial charge in [-0.3, -0.25) is 0 Å². The summed E-state index contributed by atoms with van der Waals surface area (Å²) in [5, 5.41) is 0.454. The second-order valence-electron chi connectivity index (χ2n) is 1.92. The molecular weight excluding hydrogens is 153 g/mol. The van der Waals surface area contributed by atoms with E-state index >= 15 is 0 Å². The van der Waals surface area contributed by atoms with Crippen LogP contribution in [0.15, 0.2) is 12.3 Å². The molecule has 0 spiro atoms. The Hall–Kier alpha value is -0.630. The molecule has 0 fully saturated rings. The lowest BCUT2D eigenvalue weighted by Crippen LogP contribution is -1.91. The highest BCUT2D eigenvalue weighted by Crippen LogP contribution is 2.16. The third-order valence-corrected chi connectivity index (χ3v) is 1.65. The molecule has 0 aliphatic rings. The van der Waals surface area contributed by atoms with Crippen LogP contribution in [-0.4, -0.2) is 4.98 Å². The second-order valence-corrected chi connectivity index (χ2v) is 2.32. The quantitative estimate of drug-likeness (QED) is 0.574. The predicted octanol–water partition coefficient (Wildman–Crippen LogP) is 2.44. The van der Waals surface area contributed by atoms with E-state index in [0.717, 1.165) is 0 Å². The van der Waals surface area contributed by atoms with Gasteiger partial charge in [0, 0.05) is 16.8 Å². The third-order valence-electron chi connectivity index (χ3n) is 1.30. The van der Waals surface area contributed by atoms with Gasteiger partial charge in [0.1, 0.15) is 0 Å². The van der Waals surface area contributed by atoms with Crippen molar-refractivity contribution in [2.24, 2.45) is 0 Å². The summed E-state index contributed by atoms with van der Waals surface area (Å²) in [4.78, 5) is 3.46. The minimum absolute atomic E-state index is 0.454. The Balaban J connectivity index is 3.17. The van der Waals surface area contributed by atoms with Crippen molar-refractivity contribution >= 4 is 11.6 Å². The summed E-state index contributed by atoms with van der Waals surface area (Å²) in [6.07, 6.45) is 1.94. The van der Waals surface area contributed by atoms with Gasteiger partial charge >= 0.3 is 0 Å². The van der Waals surface area contributed by atoms with Gasteiger partial charge in [0.15, 0.2) is 0 Å². The van der Waals surface area contributed by atoms with Crippen LogP contribution in [-0.2, 0) is 6.42 Å². The summed E-state index contributed by atoms with van der Waals surface area (Å²) in [6.45, 7) is 1.84. The predicted molar refractivity (Wildman–Crippen MR) is 38.6 cm³/mol. The van der Waals surface area contributed by atoms with Crippen LogP contribution in [0.3, 0.4) is 0 Å². The number of halogens is 2. The average molecular weight is 160 g/mol. The topological polar surface area (TPSA) is 12.9 Å². The Bertz CT molecular complexity index is 217. The zero-order chi connectivity index (χ0) is 7.56. The van der Waals surface area contributed by atoms with Crippen LogP contribution in [0.2, 0.25) is 5.02 Å². The van der Waals surface area contributed by atoms with Crippen molar-refractivity contribution in [1.82, 2.24) is 4.98 Å². The highest BCUT2D eigenvalue weighted by Gasteiger charge is 2.03. The van der Waals surface area contributed by atoms with Crippen molar-refractivity contribution in [1.29, 1.82) is 0 Å². The fraction of sp³-hybridized carbons (Fsp3) is 0.286. The van der Waals surface area contributed by atoms with E-state index in [0.29, 0.717) is 17.0 Å². The summed E-state index contributed by atoms with van der Waals surface area (Å²) in [7, 11) is 0.